The molecule has 0 spiro atoms. The molecule has 0 bridgehead atoms. The predicted molar refractivity (Wildman–Crippen MR) is 85.4 cm³/mol. The van der Waals surface area contributed by atoms with Crippen molar-refractivity contribution in [2.75, 3.05) is 5.88 Å². The van der Waals surface area contributed by atoms with Gasteiger partial charge in [0.05, 0.1) is 0 Å². The Labute approximate surface area is 130 Å². The predicted octanol–water partition coefficient (Wildman–Crippen LogP) is 5.21. The van der Waals surface area contributed by atoms with Gasteiger partial charge in [0, 0.05) is 5.88 Å². The van der Waals surface area contributed by atoms with Crippen LogP contribution in [0.1, 0.15) is 24.5 Å². The van der Waals surface area contributed by atoms with Crippen molar-refractivity contribution in [3.05, 3.63) is 65.5 Å². The van der Waals surface area contributed by atoms with Crippen LogP contribution in [0.5, 0.6) is 5.75 Å². The zero-order valence-corrected chi connectivity index (χ0v) is 12.9. The molecule has 0 saturated carbocycles. The molecule has 0 radical (unpaired) electrons. The molecule has 3 heteroatoms. The molecule has 0 fully saturated rings. The fourth-order valence-electron chi connectivity index (χ4n) is 2.25. The van der Waals surface area contributed by atoms with Crippen LogP contribution in [-0.4, -0.2) is 5.88 Å². The van der Waals surface area contributed by atoms with E-state index in [1.165, 1.54) is 6.07 Å². The molecule has 0 aliphatic heterocycles. The van der Waals surface area contributed by atoms with Crippen molar-refractivity contribution >= 4 is 11.6 Å². The Morgan fingerprint density at radius 2 is 1.90 bits per heavy atom. The molecule has 0 aromatic heterocycles. The average Bonchev–Trinajstić information content (AvgIpc) is 2.48. The summed E-state index contributed by atoms with van der Waals surface area (Å²) in [4.78, 5) is 0. The molecule has 112 valence electrons. The summed E-state index contributed by atoms with van der Waals surface area (Å²) in [5.41, 5.74) is 2.00. The van der Waals surface area contributed by atoms with Gasteiger partial charge in [-0.2, -0.15) is 0 Å². The van der Waals surface area contributed by atoms with Crippen LogP contribution in [0.15, 0.2) is 48.5 Å². The molecular formula is C18H20ClFO. The SMILES string of the molecule is CC(CCCl)Cc1cc(F)ccc1OCc1ccccc1. The highest BCUT2D eigenvalue weighted by Gasteiger charge is 2.10. The third-order valence-electron chi connectivity index (χ3n) is 3.43. The topological polar surface area (TPSA) is 9.23 Å². The molecule has 0 heterocycles. The van der Waals surface area contributed by atoms with Gasteiger partial charge >= 0.3 is 0 Å². The molecule has 0 amide bonds. The van der Waals surface area contributed by atoms with E-state index in [1.807, 2.05) is 30.3 Å². The molecule has 2 aromatic carbocycles. The number of halogens is 2. The lowest BCUT2D eigenvalue weighted by Crippen LogP contribution is -2.04. The van der Waals surface area contributed by atoms with E-state index in [9.17, 15) is 4.39 Å². The van der Waals surface area contributed by atoms with E-state index < -0.39 is 0 Å². The Kier molecular flexibility index (Phi) is 6.06. The Bertz CT molecular complexity index is 556. The van der Waals surface area contributed by atoms with Gasteiger partial charge in [-0.05, 0) is 48.1 Å². The first-order valence-corrected chi connectivity index (χ1v) is 7.73. The summed E-state index contributed by atoms with van der Waals surface area (Å²) in [7, 11) is 0. The van der Waals surface area contributed by atoms with E-state index >= 15 is 0 Å². The second-order valence-electron chi connectivity index (χ2n) is 5.31. The lowest BCUT2D eigenvalue weighted by atomic mass is 9.98. The van der Waals surface area contributed by atoms with Crippen molar-refractivity contribution in [1.29, 1.82) is 0 Å². The third kappa shape index (κ3) is 5.05. The first-order chi connectivity index (χ1) is 10.2. The molecule has 1 unspecified atom stereocenters. The molecule has 0 aliphatic rings. The molecule has 1 nitrogen and oxygen atoms in total. The zero-order chi connectivity index (χ0) is 15.1. The van der Waals surface area contributed by atoms with Gasteiger partial charge in [-0.25, -0.2) is 4.39 Å². The first kappa shape index (κ1) is 15.8. The average molecular weight is 307 g/mol. The lowest BCUT2D eigenvalue weighted by Gasteiger charge is -2.15. The van der Waals surface area contributed by atoms with Gasteiger partial charge in [-0.15, -0.1) is 11.6 Å². The summed E-state index contributed by atoms with van der Waals surface area (Å²) >= 11 is 5.77. The number of ether oxygens (including phenoxy) is 1. The van der Waals surface area contributed by atoms with E-state index in [0.717, 1.165) is 29.7 Å². The van der Waals surface area contributed by atoms with Crippen molar-refractivity contribution in [3.63, 3.8) is 0 Å². The highest BCUT2D eigenvalue weighted by Crippen LogP contribution is 2.25. The lowest BCUT2D eigenvalue weighted by molar-refractivity contribution is 0.300. The van der Waals surface area contributed by atoms with Gasteiger partial charge in [-0.1, -0.05) is 37.3 Å². The van der Waals surface area contributed by atoms with Crippen molar-refractivity contribution in [3.8, 4) is 5.75 Å². The second kappa shape index (κ2) is 8.04. The van der Waals surface area contributed by atoms with Gasteiger partial charge in [0.25, 0.3) is 0 Å². The number of hydrogen-bond acceptors (Lipinski definition) is 1. The normalized spacial score (nSPS) is 12.1. The summed E-state index contributed by atoms with van der Waals surface area (Å²) in [6.45, 7) is 2.61. The van der Waals surface area contributed by atoms with Crippen LogP contribution in [0.2, 0.25) is 0 Å². The van der Waals surface area contributed by atoms with Crippen LogP contribution in [0.4, 0.5) is 4.39 Å². The highest BCUT2D eigenvalue weighted by atomic mass is 35.5. The molecule has 2 aromatic rings. The maximum atomic E-state index is 13.5. The highest BCUT2D eigenvalue weighted by molar-refractivity contribution is 6.17. The molecule has 21 heavy (non-hydrogen) atoms. The molecule has 1 atom stereocenters. The van der Waals surface area contributed by atoms with E-state index in [2.05, 4.69) is 6.92 Å². The summed E-state index contributed by atoms with van der Waals surface area (Å²) < 4.78 is 19.3. The van der Waals surface area contributed by atoms with Crippen LogP contribution in [0.25, 0.3) is 0 Å². The van der Waals surface area contributed by atoms with Crippen LogP contribution >= 0.6 is 11.6 Å². The standard InChI is InChI=1S/C18H20ClFO/c1-14(9-10-19)11-16-12-17(20)7-8-18(16)21-13-15-5-3-2-4-6-15/h2-8,12,14H,9-11,13H2,1H3. The Balaban J connectivity index is 2.07. The quantitative estimate of drug-likeness (QED) is 0.638. The fourth-order valence-corrected chi connectivity index (χ4v) is 2.62. The van der Waals surface area contributed by atoms with Gasteiger partial charge in [0.2, 0.25) is 0 Å². The Morgan fingerprint density at radius 3 is 2.62 bits per heavy atom. The summed E-state index contributed by atoms with van der Waals surface area (Å²) in [5, 5.41) is 0. The smallest absolute Gasteiger partial charge is 0.123 e. The number of benzene rings is 2. The van der Waals surface area contributed by atoms with Gasteiger partial charge < -0.3 is 4.74 Å². The summed E-state index contributed by atoms with van der Waals surface area (Å²) in [5.74, 6) is 1.55. The Hall–Kier alpha value is -1.54. The van der Waals surface area contributed by atoms with Crippen molar-refractivity contribution in [1.82, 2.24) is 0 Å². The minimum atomic E-state index is -0.227. The third-order valence-corrected chi connectivity index (χ3v) is 3.65. The molecule has 0 saturated heterocycles. The monoisotopic (exact) mass is 306 g/mol. The van der Waals surface area contributed by atoms with Crippen LogP contribution < -0.4 is 4.74 Å². The Morgan fingerprint density at radius 1 is 1.14 bits per heavy atom. The minimum Gasteiger partial charge on any atom is -0.489 e. The summed E-state index contributed by atoms with van der Waals surface area (Å²) in [6.07, 6.45) is 1.69. The molecular weight excluding hydrogens is 287 g/mol. The molecule has 0 N–H and O–H groups in total. The second-order valence-corrected chi connectivity index (χ2v) is 5.69. The zero-order valence-electron chi connectivity index (χ0n) is 12.2. The largest absolute Gasteiger partial charge is 0.489 e. The van der Waals surface area contributed by atoms with E-state index in [-0.39, 0.29) is 5.82 Å². The van der Waals surface area contributed by atoms with Crippen molar-refractivity contribution in [2.45, 2.75) is 26.4 Å². The van der Waals surface area contributed by atoms with Gasteiger partial charge in [-0.3, -0.25) is 0 Å². The van der Waals surface area contributed by atoms with Crippen LogP contribution in [0.3, 0.4) is 0 Å². The number of hydrogen-bond donors (Lipinski definition) is 0. The number of alkyl halides is 1. The fraction of sp³-hybridized carbons (Fsp3) is 0.333. The number of rotatable bonds is 7. The minimum absolute atomic E-state index is 0.227. The molecule has 0 aliphatic carbocycles. The van der Waals surface area contributed by atoms with Crippen molar-refractivity contribution in [2.24, 2.45) is 5.92 Å². The van der Waals surface area contributed by atoms with Crippen molar-refractivity contribution < 1.29 is 9.13 Å². The van der Waals surface area contributed by atoms with Gasteiger partial charge in [0.1, 0.15) is 18.2 Å². The van der Waals surface area contributed by atoms with E-state index in [1.54, 1.807) is 12.1 Å². The maximum absolute atomic E-state index is 13.5. The van der Waals surface area contributed by atoms with E-state index in [0.29, 0.717) is 18.4 Å². The van der Waals surface area contributed by atoms with Crippen LogP contribution in [-0.2, 0) is 13.0 Å². The van der Waals surface area contributed by atoms with E-state index in [4.69, 9.17) is 16.3 Å². The first-order valence-electron chi connectivity index (χ1n) is 7.20. The maximum Gasteiger partial charge on any atom is 0.123 e. The van der Waals surface area contributed by atoms with Gasteiger partial charge in [0.15, 0.2) is 0 Å². The molecule has 2 rings (SSSR count). The summed E-state index contributed by atoms with van der Waals surface area (Å²) in [6, 6.07) is 14.7. The van der Waals surface area contributed by atoms with Crippen LogP contribution in [0, 0.1) is 11.7 Å².